The first-order valence-corrected chi connectivity index (χ1v) is 7.71. The Labute approximate surface area is 150 Å². The second kappa shape index (κ2) is 7.61. The van der Waals surface area contributed by atoms with E-state index in [0.717, 1.165) is 6.33 Å². The summed E-state index contributed by atoms with van der Waals surface area (Å²) < 4.78 is 6.86. The molecule has 0 spiro atoms. The van der Waals surface area contributed by atoms with Crippen LogP contribution in [0.1, 0.15) is 6.23 Å². The summed E-state index contributed by atoms with van der Waals surface area (Å²) >= 11 is 0. The van der Waals surface area contributed by atoms with E-state index in [0.29, 0.717) is 0 Å². The van der Waals surface area contributed by atoms with Gasteiger partial charge in [0.15, 0.2) is 29.5 Å². The van der Waals surface area contributed by atoms with E-state index >= 15 is 0 Å². The highest BCUT2D eigenvalue weighted by molar-refractivity contribution is 6.25. The summed E-state index contributed by atoms with van der Waals surface area (Å²) in [5.41, 5.74) is 14.8. The number of aliphatic hydroxyl groups excluding tert-OH is 2. The Kier molecular flexibility index (Phi) is 5.25. The minimum atomic E-state index is -1.42. The van der Waals surface area contributed by atoms with E-state index in [1.165, 1.54) is 4.57 Å². The smallest absolute Gasteiger partial charge is 0.208 e. The molecule has 3 heterocycles. The summed E-state index contributed by atoms with van der Waals surface area (Å²) in [6.07, 6.45) is -3.51. The van der Waals surface area contributed by atoms with Crippen LogP contribution in [0.2, 0.25) is 0 Å². The fourth-order valence-electron chi connectivity index (χ4n) is 2.75. The van der Waals surface area contributed by atoms with Crippen LogP contribution in [0.25, 0.3) is 21.6 Å². The average Bonchev–Trinajstić information content (AvgIpc) is 3.15. The maximum absolute atomic E-state index is 11.0. The van der Waals surface area contributed by atoms with Gasteiger partial charge in [-0.1, -0.05) is 0 Å². The monoisotopic (exact) mass is 377 g/mol. The third-order valence-electron chi connectivity index (χ3n) is 3.99. The van der Waals surface area contributed by atoms with Crippen LogP contribution >= 0.6 is 0 Å². The van der Waals surface area contributed by atoms with Crippen molar-refractivity contribution in [2.45, 2.75) is 24.5 Å². The van der Waals surface area contributed by atoms with Gasteiger partial charge in [0.1, 0.15) is 24.6 Å². The minimum absolute atomic E-state index is 0.0189. The minimum Gasteiger partial charge on any atom is -0.387 e. The summed E-state index contributed by atoms with van der Waals surface area (Å²) in [6, 6.07) is 0. The number of ketones is 1. The van der Waals surface area contributed by atoms with Gasteiger partial charge in [-0.25, -0.2) is 15.0 Å². The van der Waals surface area contributed by atoms with Crippen molar-refractivity contribution < 1.29 is 24.5 Å². The molecule has 2 unspecified atom stereocenters. The molecule has 14 heteroatoms. The molecular weight excluding hydrogens is 362 g/mol. The number of azide groups is 1. The largest absolute Gasteiger partial charge is 0.387 e. The molecule has 0 amide bonds. The lowest BCUT2D eigenvalue weighted by atomic mass is 10.1. The van der Waals surface area contributed by atoms with Gasteiger partial charge >= 0.3 is 0 Å². The fourth-order valence-corrected chi connectivity index (χ4v) is 2.75. The van der Waals surface area contributed by atoms with Gasteiger partial charge in [0.05, 0.1) is 6.54 Å². The second-order valence-corrected chi connectivity index (χ2v) is 5.66. The highest BCUT2D eigenvalue weighted by atomic mass is 16.6. The Morgan fingerprint density at radius 2 is 2.26 bits per heavy atom. The zero-order chi connectivity index (χ0) is 19.6. The Bertz CT molecular complexity index is 924. The number of imidazole rings is 1. The van der Waals surface area contributed by atoms with Crippen LogP contribution in [0, 0.1) is 0 Å². The van der Waals surface area contributed by atoms with E-state index in [9.17, 15) is 19.8 Å². The van der Waals surface area contributed by atoms with Crippen LogP contribution in [0.5, 0.6) is 0 Å². The zero-order valence-corrected chi connectivity index (χ0v) is 13.7. The van der Waals surface area contributed by atoms with Gasteiger partial charge in [-0.2, -0.15) is 0 Å². The molecule has 2 aromatic rings. The highest BCUT2D eigenvalue weighted by Gasteiger charge is 2.45. The van der Waals surface area contributed by atoms with E-state index in [1.54, 1.807) is 0 Å². The number of anilines is 1. The number of nitrogens with two attached hydrogens (primary N) is 1. The van der Waals surface area contributed by atoms with Gasteiger partial charge in [0, 0.05) is 11.5 Å². The van der Waals surface area contributed by atoms with E-state index < -0.39 is 30.3 Å². The number of carbonyl (C=O) groups excluding carboxylic acids is 2. The molecule has 14 nitrogen and oxygen atoms in total. The molecule has 4 atom stereocenters. The quantitative estimate of drug-likeness (QED) is 0.141. The Morgan fingerprint density at radius 3 is 2.96 bits per heavy atom. The highest BCUT2D eigenvalue weighted by Crippen LogP contribution is 2.35. The molecule has 1 aliphatic heterocycles. The molecule has 0 bridgehead atoms. The van der Waals surface area contributed by atoms with Crippen LogP contribution in [-0.2, 0) is 14.3 Å². The van der Waals surface area contributed by atoms with Gasteiger partial charge in [-0.15, -0.1) is 0 Å². The van der Waals surface area contributed by atoms with Crippen molar-refractivity contribution in [1.29, 1.82) is 0 Å². The molecule has 0 aromatic carbocycles. The maximum atomic E-state index is 11.0. The number of aromatic nitrogens is 4. The first-order valence-electron chi connectivity index (χ1n) is 7.71. The average molecular weight is 377 g/mol. The van der Waals surface area contributed by atoms with Crippen molar-refractivity contribution in [3.05, 3.63) is 16.8 Å². The Morgan fingerprint density at radius 1 is 1.48 bits per heavy atom. The SMILES string of the molecule is [N-]=[N+]=Nc1nc2c(N)ncnc2n1[C@@H]1O[C@H](CNCC(=O)C=O)C(O)C1O. The van der Waals surface area contributed by atoms with E-state index in [2.05, 4.69) is 30.3 Å². The number of hydrogen-bond acceptors (Lipinski definition) is 11. The van der Waals surface area contributed by atoms with E-state index in [4.69, 9.17) is 16.0 Å². The number of nitrogen functional groups attached to an aromatic ring is 1. The zero-order valence-electron chi connectivity index (χ0n) is 13.7. The van der Waals surface area contributed by atoms with Gasteiger partial charge in [-0.05, 0) is 10.6 Å². The molecule has 142 valence electrons. The van der Waals surface area contributed by atoms with Gasteiger partial charge in [0.2, 0.25) is 11.7 Å². The van der Waals surface area contributed by atoms with Gasteiger partial charge in [0.25, 0.3) is 0 Å². The number of hydrogen-bond donors (Lipinski definition) is 4. The molecule has 2 aromatic heterocycles. The summed E-state index contributed by atoms with van der Waals surface area (Å²) in [5, 5.41) is 26.7. The number of aldehydes is 1. The molecule has 27 heavy (non-hydrogen) atoms. The van der Waals surface area contributed by atoms with Gasteiger partial charge in [-0.3, -0.25) is 14.2 Å². The second-order valence-electron chi connectivity index (χ2n) is 5.66. The fraction of sp³-hybridized carbons (Fsp3) is 0.462. The molecule has 0 saturated carbocycles. The number of ether oxygens (including phenoxy) is 1. The number of nitrogens with one attached hydrogen (secondary N) is 1. The number of rotatable bonds is 7. The molecule has 1 aliphatic rings. The van der Waals surface area contributed by atoms with Crippen molar-refractivity contribution >= 4 is 35.0 Å². The van der Waals surface area contributed by atoms with Crippen molar-refractivity contribution in [1.82, 2.24) is 24.8 Å². The third kappa shape index (κ3) is 3.42. The Balaban J connectivity index is 1.91. The van der Waals surface area contributed by atoms with E-state index in [-0.39, 0.29) is 42.3 Å². The molecule has 3 rings (SSSR count). The first-order chi connectivity index (χ1) is 13.0. The lowest BCUT2D eigenvalue weighted by Gasteiger charge is -2.18. The van der Waals surface area contributed by atoms with Gasteiger partial charge < -0.3 is 26.0 Å². The lowest BCUT2D eigenvalue weighted by molar-refractivity contribution is -0.129. The van der Waals surface area contributed by atoms with Crippen LogP contribution in [0.15, 0.2) is 11.4 Å². The normalized spacial score (nSPS) is 24.7. The number of fused-ring (bicyclic) bond motifs is 1. The standard InChI is InChI=1S/C13H15N9O5/c14-10-7-11(18-4-17-10)22(13(19-7)20-21-15)12-9(26)8(25)6(27-12)2-16-1-5(24)3-23/h3-4,6,8-9,12,16,25-26H,1-2H2,(H2,14,17,18)/t6-,8?,9?,12-/m1/s1. The van der Waals surface area contributed by atoms with Crippen molar-refractivity contribution in [2.75, 3.05) is 18.8 Å². The Hall–Kier alpha value is -3.16. The predicted octanol–water partition coefficient (Wildman–Crippen LogP) is -1.67. The van der Waals surface area contributed by atoms with Crippen LogP contribution in [-0.4, -0.2) is 73.2 Å². The van der Waals surface area contributed by atoms with Crippen LogP contribution < -0.4 is 11.1 Å². The summed E-state index contributed by atoms with van der Waals surface area (Å²) in [6.45, 7) is -0.256. The summed E-state index contributed by atoms with van der Waals surface area (Å²) in [7, 11) is 0. The molecule has 1 fully saturated rings. The van der Waals surface area contributed by atoms with Crippen molar-refractivity contribution in [2.24, 2.45) is 5.11 Å². The molecule has 0 radical (unpaired) electrons. The number of nitrogens with zero attached hydrogens (tertiary/aromatic N) is 7. The predicted molar refractivity (Wildman–Crippen MR) is 88.4 cm³/mol. The summed E-state index contributed by atoms with van der Waals surface area (Å²) in [4.78, 5) is 35.9. The van der Waals surface area contributed by atoms with Crippen LogP contribution in [0.3, 0.4) is 0 Å². The topological polar surface area (TPSA) is 214 Å². The first kappa shape index (κ1) is 18.6. The van der Waals surface area contributed by atoms with Crippen molar-refractivity contribution in [3.63, 3.8) is 0 Å². The number of Topliss-reactive ketones (excluding diaryl/α,β-unsaturated/α-hetero) is 1. The van der Waals surface area contributed by atoms with Crippen LogP contribution in [0.4, 0.5) is 11.8 Å². The maximum Gasteiger partial charge on any atom is 0.208 e. The molecule has 0 aliphatic carbocycles. The third-order valence-corrected chi connectivity index (χ3v) is 3.99. The summed E-state index contributed by atoms with van der Waals surface area (Å²) in [5.74, 6) is -0.814. The number of aliphatic hydroxyl groups is 2. The van der Waals surface area contributed by atoms with E-state index in [1.807, 2.05) is 0 Å². The van der Waals surface area contributed by atoms with Crippen molar-refractivity contribution in [3.8, 4) is 0 Å². The molecule has 1 saturated heterocycles. The number of carbonyl (C=O) groups is 2. The lowest BCUT2D eigenvalue weighted by Crippen LogP contribution is -2.39. The molecular formula is C13H15N9O5. The molecule has 5 N–H and O–H groups in total.